The molecule has 0 radical (unpaired) electrons. The molecular weight excluding hydrogens is 324 g/mol. The molecular formula is C18H26N2O5. The zero-order chi connectivity index (χ0) is 18.1. The number of nitrogens with one attached hydrogen (secondary N) is 1. The van der Waals surface area contributed by atoms with Gasteiger partial charge in [-0.05, 0) is 50.6 Å². The van der Waals surface area contributed by atoms with Crippen LogP contribution in [0.1, 0.15) is 26.2 Å². The highest BCUT2D eigenvalue weighted by molar-refractivity contribution is 5.80. The minimum atomic E-state index is -0.855. The van der Waals surface area contributed by atoms with Crippen molar-refractivity contribution >= 4 is 11.9 Å². The number of aliphatic carboxylic acids is 1. The van der Waals surface area contributed by atoms with E-state index in [1.165, 1.54) is 0 Å². The van der Waals surface area contributed by atoms with Gasteiger partial charge in [-0.2, -0.15) is 0 Å². The third-order valence-electron chi connectivity index (χ3n) is 4.07. The Morgan fingerprint density at radius 3 is 2.52 bits per heavy atom. The molecule has 1 amide bonds. The Morgan fingerprint density at radius 2 is 1.88 bits per heavy atom. The van der Waals surface area contributed by atoms with Crippen LogP contribution in [0.3, 0.4) is 0 Å². The molecule has 138 valence electrons. The summed E-state index contributed by atoms with van der Waals surface area (Å²) in [5.74, 6) is 0.465. The van der Waals surface area contributed by atoms with E-state index in [2.05, 4.69) is 5.32 Å². The minimum absolute atomic E-state index is 0.111. The highest BCUT2D eigenvalue weighted by atomic mass is 16.5. The van der Waals surface area contributed by atoms with Crippen LogP contribution in [-0.2, 0) is 9.59 Å². The standard InChI is InChI=1S/C18H26N2O5/c1-2-24-14-6-8-15(9-7-14)25-12-10-19-17(21)13-20-11-4-3-5-16(20)18(22)23/h6-9,16H,2-5,10-13H2,1H3,(H,19,21)(H,22,23). The van der Waals surface area contributed by atoms with Crippen LogP contribution in [0.5, 0.6) is 11.5 Å². The third kappa shape index (κ3) is 6.26. The number of ether oxygens (including phenoxy) is 2. The van der Waals surface area contributed by atoms with Crippen molar-refractivity contribution in [3.63, 3.8) is 0 Å². The maximum Gasteiger partial charge on any atom is 0.320 e. The molecule has 1 atom stereocenters. The molecule has 0 spiro atoms. The van der Waals surface area contributed by atoms with E-state index in [1.54, 1.807) is 4.90 Å². The Kier molecular flexibility index (Phi) is 7.53. The lowest BCUT2D eigenvalue weighted by Gasteiger charge is -2.32. The second-order valence-corrected chi connectivity index (χ2v) is 5.92. The van der Waals surface area contributed by atoms with E-state index in [1.807, 2.05) is 31.2 Å². The topological polar surface area (TPSA) is 88.1 Å². The molecule has 2 rings (SSSR count). The molecule has 0 bridgehead atoms. The second kappa shape index (κ2) is 9.88. The summed E-state index contributed by atoms with van der Waals surface area (Å²) in [7, 11) is 0. The van der Waals surface area contributed by atoms with Crippen LogP contribution in [0.4, 0.5) is 0 Å². The number of amides is 1. The van der Waals surface area contributed by atoms with Crippen molar-refractivity contribution < 1.29 is 24.2 Å². The van der Waals surface area contributed by atoms with E-state index >= 15 is 0 Å². The smallest absolute Gasteiger partial charge is 0.320 e. The zero-order valence-corrected chi connectivity index (χ0v) is 14.6. The lowest BCUT2D eigenvalue weighted by atomic mass is 10.0. The van der Waals surface area contributed by atoms with Gasteiger partial charge >= 0.3 is 5.97 Å². The summed E-state index contributed by atoms with van der Waals surface area (Å²) >= 11 is 0. The second-order valence-electron chi connectivity index (χ2n) is 5.92. The van der Waals surface area contributed by atoms with Gasteiger partial charge in [-0.3, -0.25) is 14.5 Å². The monoisotopic (exact) mass is 350 g/mol. The fourth-order valence-corrected chi connectivity index (χ4v) is 2.86. The number of piperidine rings is 1. The van der Waals surface area contributed by atoms with Gasteiger partial charge in [0, 0.05) is 0 Å². The van der Waals surface area contributed by atoms with Gasteiger partial charge in [0.2, 0.25) is 5.91 Å². The number of carboxylic acid groups (broad SMARTS) is 1. The van der Waals surface area contributed by atoms with Crippen LogP contribution >= 0.6 is 0 Å². The van der Waals surface area contributed by atoms with Crippen LogP contribution in [0.25, 0.3) is 0 Å². The first-order valence-electron chi connectivity index (χ1n) is 8.69. The predicted octanol–water partition coefficient (Wildman–Crippen LogP) is 1.52. The SMILES string of the molecule is CCOc1ccc(OCCNC(=O)CN2CCCCC2C(=O)O)cc1. The molecule has 1 aliphatic rings. The summed E-state index contributed by atoms with van der Waals surface area (Å²) in [4.78, 5) is 24.9. The highest BCUT2D eigenvalue weighted by Crippen LogP contribution is 2.18. The summed E-state index contributed by atoms with van der Waals surface area (Å²) in [6.07, 6.45) is 2.42. The van der Waals surface area contributed by atoms with Crippen molar-refractivity contribution in [2.75, 3.05) is 32.8 Å². The van der Waals surface area contributed by atoms with Crippen molar-refractivity contribution in [2.45, 2.75) is 32.2 Å². The number of likely N-dealkylation sites (tertiary alicyclic amines) is 1. The summed E-state index contributed by atoms with van der Waals surface area (Å²) < 4.78 is 10.9. The first-order chi connectivity index (χ1) is 12.1. The van der Waals surface area contributed by atoms with Crippen molar-refractivity contribution in [3.05, 3.63) is 24.3 Å². The number of hydrogen-bond donors (Lipinski definition) is 2. The van der Waals surface area contributed by atoms with E-state index < -0.39 is 12.0 Å². The number of rotatable bonds is 9. The van der Waals surface area contributed by atoms with E-state index in [0.29, 0.717) is 38.5 Å². The van der Waals surface area contributed by atoms with Crippen LogP contribution in [-0.4, -0.2) is 60.8 Å². The van der Waals surface area contributed by atoms with Gasteiger partial charge in [0.05, 0.1) is 19.7 Å². The Hall–Kier alpha value is -2.28. The number of hydrogen-bond acceptors (Lipinski definition) is 5. The Balaban J connectivity index is 1.67. The summed E-state index contributed by atoms with van der Waals surface area (Å²) in [6, 6.07) is 6.75. The number of nitrogens with zero attached hydrogens (tertiary/aromatic N) is 1. The number of carbonyl (C=O) groups excluding carboxylic acids is 1. The van der Waals surface area contributed by atoms with E-state index in [-0.39, 0.29) is 12.5 Å². The highest BCUT2D eigenvalue weighted by Gasteiger charge is 2.29. The quantitative estimate of drug-likeness (QED) is 0.657. The molecule has 1 fully saturated rings. The van der Waals surface area contributed by atoms with Crippen molar-refractivity contribution in [2.24, 2.45) is 0 Å². The number of carbonyl (C=O) groups is 2. The van der Waals surface area contributed by atoms with Gasteiger partial charge in [0.15, 0.2) is 0 Å². The lowest BCUT2D eigenvalue weighted by Crippen LogP contribution is -2.49. The fraction of sp³-hybridized carbons (Fsp3) is 0.556. The molecule has 7 heteroatoms. The average Bonchev–Trinajstić information content (AvgIpc) is 2.60. The van der Waals surface area contributed by atoms with Crippen molar-refractivity contribution in [1.82, 2.24) is 10.2 Å². The van der Waals surface area contributed by atoms with Crippen molar-refractivity contribution in [3.8, 4) is 11.5 Å². The normalized spacial score (nSPS) is 17.7. The van der Waals surface area contributed by atoms with Gasteiger partial charge in [0.25, 0.3) is 0 Å². The molecule has 1 saturated heterocycles. The fourth-order valence-electron chi connectivity index (χ4n) is 2.86. The van der Waals surface area contributed by atoms with Crippen LogP contribution in [0, 0.1) is 0 Å². The first-order valence-corrected chi connectivity index (χ1v) is 8.69. The minimum Gasteiger partial charge on any atom is -0.494 e. The molecule has 0 aromatic heterocycles. The van der Waals surface area contributed by atoms with Gasteiger partial charge in [-0.1, -0.05) is 6.42 Å². The predicted molar refractivity (Wildman–Crippen MR) is 93.0 cm³/mol. The molecule has 1 aromatic rings. The summed E-state index contributed by atoms with van der Waals surface area (Å²) in [6.45, 7) is 4.02. The molecule has 1 aromatic carbocycles. The van der Waals surface area contributed by atoms with E-state index in [9.17, 15) is 14.7 Å². The molecule has 1 heterocycles. The van der Waals surface area contributed by atoms with E-state index in [0.717, 1.165) is 18.6 Å². The molecule has 25 heavy (non-hydrogen) atoms. The number of carboxylic acids is 1. The van der Waals surface area contributed by atoms with Gasteiger partial charge in [0.1, 0.15) is 24.1 Å². The van der Waals surface area contributed by atoms with Gasteiger partial charge < -0.3 is 19.9 Å². The first kappa shape index (κ1) is 19.1. The Morgan fingerprint density at radius 1 is 1.20 bits per heavy atom. The van der Waals surface area contributed by atoms with E-state index in [4.69, 9.17) is 9.47 Å². The number of benzene rings is 1. The van der Waals surface area contributed by atoms with Crippen LogP contribution in [0.15, 0.2) is 24.3 Å². The van der Waals surface area contributed by atoms with Gasteiger partial charge in [-0.15, -0.1) is 0 Å². The van der Waals surface area contributed by atoms with Crippen LogP contribution < -0.4 is 14.8 Å². The lowest BCUT2D eigenvalue weighted by molar-refractivity contribution is -0.145. The largest absolute Gasteiger partial charge is 0.494 e. The third-order valence-corrected chi connectivity index (χ3v) is 4.07. The van der Waals surface area contributed by atoms with Crippen LogP contribution in [0.2, 0.25) is 0 Å². The Bertz CT molecular complexity index is 561. The summed E-state index contributed by atoms with van der Waals surface area (Å²) in [5, 5.41) is 12.0. The molecule has 0 saturated carbocycles. The maximum atomic E-state index is 12.0. The molecule has 0 aliphatic carbocycles. The molecule has 1 unspecified atom stereocenters. The summed E-state index contributed by atoms with van der Waals surface area (Å²) in [5.41, 5.74) is 0. The maximum absolute atomic E-state index is 12.0. The molecule has 1 aliphatic heterocycles. The van der Waals surface area contributed by atoms with Crippen molar-refractivity contribution in [1.29, 1.82) is 0 Å². The van der Waals surface area contributed by atoms with Gasteiger partial charge in [-0.25, -0.2) is 0 Å². The average molecular weight is 350 g/mol. The zero-order valence-electron chi connectivity index (χ0n) is 14.6. The molecule has 7 nitrogen and oxygen atoms in total. The molecule has 2 N–H and O–H groups in total. The Labute approximate surface area is 147 Å².